The zero-order valence-corrected chi connectivity index (χ0v) is 38.3. The maximum Gasteiger partial charge on any atom is 0.303 e. The number of fused-ring (bicyclic) bond motifs is 2. The van der Waals surface area contributed by atoms with E-state index in [2.05, 4.69) is 9.30 Å². The van der Waals surface area contributed by atoms with Crippen LogP contribution < -0.4 is 9.62 Å². The molecule has 2 aromatic rings. The fraction of sp³-hybridized carbons (Fsp3) is 0.538. The molecule has 0 spiro atoms. The number of hydrogen-bond acceptors (Lipinski definition) is 13. The Morgan fingerprint density at radius 3 is 2.11 bits per heavy atom. The van der Waals surface area contributed by atoms with Crippen molar-refractivity contribution in [2.45, 2.75) is 85.8 Å². The lowest BCUT2D eigenvalue weighted by Crippen LogP contribution is -2.32. The van der Waals surface area contributed by atoms with Gasteiger partial charge in [-0.05, 0) is 94.3 Å². The summed E-state index contributed by atoms with van der Waals surface area (Å²) in [6, 6.07) is 8.72. The van der Waals surface area contributed by atoms with Crippen molar-refractivity contribution in [2.24, 2.45) is 4.58 Å². The largest absolute Gasteiger partial charge is 0.481 e. The summed E-state index contributed by atoms with van der Waals surface area (Å²) in [6.07, 6.45) is 6.77. The number of methoxy groups -OCH3 is 2. The van der Waals surface area contributed by atoms with E-state index in [1.54, 1.807) is 31.2 Å². The number of benzene rings is 2. The van der Waals surface area contributed by atoms with Crippen LogP contribution in [0.1, 0.15) is 76.3 Å². The van der Waals surface area contributed by atoms with Gasteiger partial charge in [0.05, 0.1) is 44.5 Å². The topological polar surface area (TPSA) is 280 Å². The summed E-state index contributed by atoms with van der Waals surface area (Å²) in [7, 11) is -14.4. The zero-order chi connectivity index (χ0) is 46.1. The molecule has 0 aromatic heterocycles. The molecule has 2 aliphatic rings. The maximum absolute atomic E-state index is 13.4. The van der Waals surface area contributed by atoms with E-state index < -0.39 is 73.5 Å². The summed E-state index contributed by atoms with van der Waals surface area (Å²) < 4.78 is 136. The number of carboxylic acid groups (broad SMARTS) is 1. The lowest BCUT2D eigenvalue weighted by atomic mass is 9.75. The predicted octanol–water partition coefficient (Wildman–Crippen LogP) is 4.27. The molecule has 0 saturated carbocycles. The van der Waals surface area contributed by atoms with Gasteiger partial charge in [-0.2, -0.15) is 21.4 Å². The maximum atomic E-state index is 13.4. The molecular weight excluding hydrogens is 893 g/mol. The van der Waals surface area contributed by atoms with Gasteiger partial charge in [-0.25, -0.2) is 21.6 Å². The van der Waals surface area contributed by atoms with Gasteiger partial charge in [-0.3, -0.25) is 13.9 Å². The summed E-state index contributed by atoms with van der Waals surface area (Å²) >= 11 is 0. The van der Waals surface area contributed by atoms with Crippen molar-refractivity contribution in [3.8, 4) is 0 Å². The standard InChI is InChI=1S/C39H54N4O15S4/c1-38(18-9-25-59(47,48)41-46)32-28-30(62(54,55)56)15-17-33(32)42(21-7-5-6-13-37(44)45)35(38)11-8-12-36-39(2,19-10-26-60(49,50)51)31-27-29(61(52,53)40-20-23-57-3)14-16-34(31)43(36)22-24-58-4/h8,11-12,14-17,27-28,40H,5-7,9-10,13,18-26H2,1-4H3,(H2-,44,45,49,50,51,54,55,56)/p+1. The lowest BCUT2D eigenvalue weighted by Gasteiger charge is -2.30. The van der Waals surface area contributed by atoms with Gasteiger partial charge >= 0.3 is 5.97 Å². The number of nitrogens with zero attached hydrogens (tertiary/aromatic N) is 3. The van der Waals surface area contributed by atoms with E-state index in [9.17, 15) is 57.6 Å². The third-order valence-corrected chi connectivity index (χ3v) is 15.3. The summed E-state index contributed by atoms with van der Waals surface area (Å²) in [5.74, 6) is -2.10. The minimum absolute atomic E-state index is 0.00786. The molecule has 2 heterocycles. The predicted molar refractivity (Wildman–Crippen MR) is 231 cm³/mol. The molecule has 0 radical (unpaired) electrons. The molecule has 2 unspecified atom stereocenters. The fourth-order valence-corrected chi connectivity index (χ4v) is 10.8. The Labute approximate surface area is 363 Å². The number of nitrogens with one attached hydrogen (secondary N) is 1. The van der Waals surface area contributed by atoms with Crippen molar-refractivity contribution in [2.75, 3.05) is 63.5 Å². The molecule has 2 aliphatic heterocycles. The molecule has 2 atom stereocenters. The molecule has 2 aromatic carbocycles. The highest BCUT2D eigenvalue weighted by atomic mass is 32.2. The van der Waals surface area contributed by atoms with Crippen molar-refractivity contribution >= 4 is 63.3 Å². The first kappa shape index (κ1) is 50.7. The second-order valence-corrected chi connectivity index (χ2v) is 22.0. The average Bonchev–Trinajstić information content (AvgIpc) is 3.55. The first-order valence-electron chi connectivity index (χ1n) is 19.7. The second-order valence-electron chi connectivity index (χ2n) is 15.5. The highest BCUT2D eigenvalue weighted by Gasteiger charge is 2.48. The minimum Gasteiger partial charge on any atom is -0.481 e. The number of carboxylic acids is 1. The summed E-state index contributed by atoms with van der Waals surface area (Å²) in [5, 5.41) is 9.18. The van der Waals surface area contributed by atoms with E-state index in [1.165, 1.54) is 44.6 Å². The quantitative estimate of drug-likeness (QED) is 0.0443. The Bertz CT molecular complexity index is 2540. The van der Waals surface area contributed by atoms with Crippen LogP contribution in [0, 0.1) is 4.91 Å². The number of sulfonamides is 2. The second kappa shape index (κ2) is 20.7. The Hall–Kier alpha value is -3.94. The Morgan fingerprint density at radius 1 is 0.839 bits per heavy atom. The van der Waals surface area contributed by atoms with Gasteiger partial charge in [0.1, 0.15) is 6.54 Å². The van der Waals surface area contributed by atoms with Crippen LogP contribution in [-0.2, 0) is 65.4 Å². The number of nitroso groups, excluding NO2 is 1. The van der Waals surface area contributed by atoms with Crippen LogP contribution in [0.2, 0.25) is 0 Å². The van der Waals surface area contributed by atoms with E-state index in [-0.39, 0.29) is 63.3 Å². The van der Waals surface area contributed by atoms with Gasteiger partial charge in [0.25, 0.3) is 30.3 Å². The van der Waals surface area contributed by atoms with E-state index in [0.29, 0.717) is 59.7 Å². The average molecular weight is 948 g/mol. The molecule has 19 nitrogen and oxygen atoms in total. The molecule has 62 heavy (non-hydrogen) atoms. The molecule has 4 N–H and O–H groups in total. The van der Waals surface area contributed by atoms with Crippen LogP contribution in [0.15, 0.2) is 74.7 Å². The summed E-state index contributed by atoms with van der Waals surface area (Å²) in [4.78, 5) is 23.8. The Morgan fingerprint density at radius 2 is 1.48 bits per heavy atom. The number of aliphatic carboxylic acids is 1. The first-order valence-corrected chi connectivity index (χ1v) is 25.9. The number of allylic oxidation sites excluding steroid dienone is 4. The monoisotopic (exact) mass is 947 g/mol. The van der Waals surface area contributed by atoms with E-state index in [1.807, 2.05) is 16.4 Å². The number of rotatable bonds is 26. The number of carbonyl (C=O) groups is 1. The molecule has 0 fully saturated rings. The lowest BCUT2D eigenvalue weighted by molar-refractivity contribution is -0.438. The Kier molecular flexibility index (Phi) is 16.9. The van der Waals surface area contributed by atoms with Gasteiger partial charge in [0.15, 0.2) is 5.71 Å². The highest BCUT2D eigenvalue weighted by molar-refractivity contribution is 7.90. The van der Waals surface area contributed by atoms with Crippen molar-refractivity contribution in [3.05, 3.63) is 76.4 Å². The molecule has 0 amide bonds. The van der Waals surface area contributed by atoms with Crippen LogP contribution in [0.5, 0.6) is 0 Å². The summed E-state index contributed by atoms with van der Waals surface area (Å²) in [6.45, 7) is 4.59. The van der Waals surface area contributed by atoms with Crippen LogP contribution in [0.3, 0.4) is 0 Å². The third kappa shape index (κ3) is 12.4. The molecule has 4 rings (SSSR count). The first-order chi connectivity index (χ1) is 28.9. The van der Waals surface area contributed by atoms with Gasteiger partial charge in [-0.1, -0.05) is 6.08 Å². The SMILES string of the molecule is COCCNS(=O)(=O)c1ccc2c(c1)C(C)(CCCS(=O)(=O)O)/C(=C\C=C\C1=[N+](CCCCCC(=O)O)c3ccc(S(=O)(=O)O)cc3C1(C)CCCS(=O)(=O)N=O)N2CCOC. The highest BCUT2D eigenvalue weighted by Crippen LogP contribution is 2.51. The Balaban J connectivity index is 1.94. The molecular formula is C39H55N4O15S4+. The van der Waals surface area contributed by atoms with Crippen LogP contribution in [0.25, 0.3) is 0 Å². The van der Waals surface area contributed by atoms with Crippen molar-refractivity contribution < 1.29 is 66.7 Å². The van der Waals surface area contributed by atoms with Gasteiger partial charge < -0.3 is 19.5 Å². The minimum atomic E-state index is -4.69. The zero-order valence-electron chi connectivity index (χ0n) is 35.0. The molecule has 0 aliphatic carbocycles. The van der Waals surface area contributed by atoms with Gasteiger partial charge in [0, 0.05) is 74.7 Å². The number of unbranched alkanes of at least 4 members (excludes halogenated alkanes) is 2. The number of hydrogen-bond donors (Lipinski definition) is 4. The van der Waals surface area contributed by atoms with Crippen molar-refractivity contribution in [3.63, 3.8) is 0 Å². The molecule has 0 saturated heterocycles. The van der Waals surface area contributed by atoms with Gasteiger partial charge in [-0.15, -0.1) is 4.91 Å². The number of ether oxygens (including phenoxy) is 2. The molecule has 0 bridgehead atoms. The van der Waals surface area contributed by atoms with E-state index >= 15 is 0 Å². The van der Waals surface area contributed by atoms with E-state index in [4.69, 9.17) is 9.47 Å². The van der Waals surface area contributed by atoms with E-state index in [0.717, 1.165) is 0 Å². The van der Waals surface area contributed by atoms with Gasteiger partial charge in [0.2, 0.25) is 15.7 Å². The van der Waals surface area contributed by atoms with Crippen molar-refractivity contribution in [1.29, 1.82) is 0 Å². The smallest absolute Gasteiger partial charge is 0.303 e. The normalized spacial score (nSPS) is 20.0. The molecule has 23 heteroatoms. The van der Waals surface area contributed by atoms with Crippen LogP contribution >= 0.6 is 0 Å². The number of anilines is 1. The molecule has 344 valence electrons. The van der Waals surface area contributed by atoms with Crippen molar-refractivity contribution in [1.82, 2.24) is 4.72 Å². The summed E-state index contributed by atoms with van der Waals surface area (Å²) in [5.41, 5.74) is 1.21. The third-order valence-electron chi connectivity index (χ3n) is 11.2. The fourth-order valence-electron chi connectivity index (χ4n) is 8.15. The van der Waals surface area contributed by atoms with Crippen LogP contribution in [-0.4, -0.2) is 123 Å². The van der Waals surface area contributed by atoms with Crippen LogP contribution in [0.4, 0.5) is 11.4 Å².